The molecule has 5 aromatic rings. The van der Waals surface area contributed by atoms with Crippen LogP contribution in [-0.2, 0) is 31.9 Å². The molecule has 1 spiro atoms. The minimum Gasteiger partial charge on any atom is -0.453 e. The number of benzene rings is 3. The SMILES string of the molecule is COC(=O)N[C@H](C(=O)N1CCC[C@H]1c1nc2ccc(-c3ccc(-c4ccc5nc([C@@H]6CCCN6C(=O)[C@@H](NC(=O)OC)C(C)C)[nH]c(=O)c5c4)c4c3CC3(CCCC3)C4)cc2c(=O)[nH]1)C(C)C. The van der Waals surface area contributed by atoms with Crippen molar-refractivity contribution in [1.82, 2.24) is 40.4 Å². The topological polar surface area (TPSA) is 209 Å². The van der Waals surface area contributed by atoms with Crippen molar-refractivity contribution >= 4 is 45.8 Å². The molecule has 4 aliphatic rings. The Morgan fingerprint density at radius 3 is 1.45 bits per heavy atom. The van der Waals surface area contributed by atoms with Crippen LogP contribution in [0.25, 0.3) is 44.1 Å². The van der Waals surface area contributed by atoms with Crippen molar-refractivity contribution in [3.8, 4) is 22.3 Å². The van der Waals surface area contributed by atoms with Gasteiger partial charge in [0.1, 0.15) is 23.7 Å². The Balaban J connectivity index is 1.02. The number of nitrogens with zero attached hydrogens (tertiary/aromatic N) is 4. The highest BCUT2D eigenvalue weighted by atomic mass is 16.5. The maximum Gasteiger partial charge on any atom is 0.407 e. The first kappa shape index (κ1) is 45.6. The molecule has 2 aliphatic heterocycles. The molecular weight excluding hydrogens is 853 g/mol. The standard InChI is InChI=1S/C51H60N8O8/c1-27(2)41(54-49(64)66-5)47(62)58-21-9-11-39(58)43-52-37-17-13-29(23-33(37)45(60)56-43)31-15-16-32(36-26-51(25-35(31)36)19-7-8-20-51)30-14-18-38-34(24-30)46(61)57-44(53-38)40-12-10-22-59(40)48(63)42(28(3)4)55-50(65)67-6/h13-18,23-24,27-28,39-42H,7-12,19-22,25-26H2,1-6H3,(H,54,64)(H,55,65)(H,52,56,60)(H,53,57,61)/t39-,40-,41-,42-/m0/s1. The normalized spacial score (nSPS) is 19.6. The van der Waals surface area contributed by atoms with Gasteiger partial charge in [0.25, 0.3) is 11.1 Å². The first-order valence-corrected chi connectivity index (χ1v) is 23.7. The quantitative estimate of drug-likeness (QED) is 0.110. The third kappa shape index (κ3) is 8.54. The number of likely N-dealkylation sites (tertiary alicyclic amines) is 2. The highest BCUT2D eigenvalue weighted by Crippen LogP contribution is 2.53. The van der Waals surface area contributed by atoms with E-state index in [2.05, 4.69) is 32.7 Å². The maximum atomic E-state index is 14.0. The van der Waals surface area contributed by atoms with Gasteiger partial charge in [-0.25, -0.2) is 19.6 Å². The number of alkyl carbamates (subject to hydrolysis) is 2. The molecular formula is C51H60N8O8. The zero-order valence-corrected chi connectivity index (χ0v) is 39.1. The fourth-order valence-electron chi connectivity index (χ4n) is 11.3. The van der Waals surface area contributed by atoms with Crippen LogP contribution in [0.1, 0.15) is 114 Å². The van der Waals surface area contributed by atoms with E-state index < -0.39 is 36.4 Å². The Morgan fingerprint density at radius 2 is 1.06 bits per heavy atom. The predicted octanol–water partition coefficient (Wildman–Crippen LogP) is 7.24. The number of aromatic nitrogens is 4. The molecule has 16 heteroatoms. The van der Waals surface area contributed by atoms with Crippen LogP contribution in [0.3, 0.4) is 0 Å². The molecule has 352 valence electrons. The second-order valence-corrected chi connectivity index (χ2v) is 19.6. The van der Waals surface area contributed by atoms with Crippen LogP contribution in [-0.4, -0.2) is 93.1 Å². The van der Waals surface area contributed by atoms with Gasteiger partial charge in [0.05, 0.1) is 48.1 Å². The minimum atomic E-state index is -0.787. The third-order valence-corrected chi connectivity index (χ3v) is 14.8. The highest BCUT2D eigenvalue weighted by molar-refractivity contribution is 5.90. The van der Waals surface area contributed by atoms with Crippen molar-refractivity contribution in [3.63, 3.8) is 0 Å². The van der Waals surface area contributed by atoms with Crippen LogP contribution in [0.15, 0.2) is 58.1 Å². The number of rotatable bonds is 10. The van der Waals surface area contributed by atoms with Crippen molar-refractivity contribution in [3.05, 3.63) is 92.0 Å². The number of methoxy groups -OCH3 is 2. The molecule has 0 bridgehead atoms. The van der Waals surface area contributed by atoms with Crippen LogP contribution in [0.2, 0.25) is 0 Å². The minimum absolute atomic E-state index is 0.153. The Kier molecular flexibility index (Phi) is 12.4. The van der Waals surface area contributed by atoms with E-state index in [9.17, 15) is 28.8 Å². The van der Waals surface area contributed by atoms with Gasteiger partial charge in [0.15, 0.2) is 0 Å². The molecule has 2 saturated heterocycles. The van der Waals surface area contributed by atoms with Crippen LogP contribution in [0.4, 0.5) is 9.59 Å². The van der Waals surface area contributed by atoms with E-state index in [1.807, 2.05) is 64.1 Å². The molecule has 0 unspecified atom stereocenters. The molecule has 2 aliphatic carbocycles. The summed E-state index contributed by atoms with van der Waals surface area (Å²) in [6, 6.07) is 13.5. The summed E-state index contributed by atoms with van der Waals surface area (Å²) in [5.74, 6) is -0.00948. The molecule has 67 heavy (non-hydrogen) atoms. The summed E-state index contributed by atoms with van der Waals surface area (Å²) in [5, 5.41) is 6.27. The molecule has 9 rings (SSSR count). The smallest absolute Gasteiger partial charge is 0.407 e. The van der Waals surface area contributed by atoms with Crippen LogP contribution in [0.5, 0.6) is 0 Å². The molecule has 1 saturated carbocycles. The van der Waals surface area contributed by atoms with Crippen molar-refractivity contribution in [2.24, 2.45) is 17.3 Å². The average Bonchev–Trinajstić information content (AvgIpc) is 4.16. The highest BCUT2D eigenvalue weighted by Gasteiger charge is 2.43. The Bertz CT molecular complexity index is 2710. The van der Waals surface area contributed by atoms with Gasteiger partial charge in [-0.05, 0) is 126 Å². The van der Waals surface area contributed by atoms with E-state index in [0.29, 0.717) is 59.4 Å². The molecule has 2 aromatic heterocycles. The molecule has 0 radical (unpaired) electrons. The average molecular weight is 913 g/mol. The number of hydrogen-bond acceptors (Lipinski definition) is 10. The van der Waals surface area contributed by atoms with Gasteiger partial charge in [-0.1, -0.05) is 64.8 Å². The molecule has 16 nitrogen and oxygen atoms in total. The van der Waals surface area contributed by atoms with Gasteiger partial charge < -0.3 is 39.9 Å². The van der Waals surface area contributed by atoms with Gasteiger partial charge >= 0.3 is 12.2 Å². The number of nitrogens with one attached hydrogen (secondary N) is 4. The number of ether oxygens (including phenoxy) is 2. The lowest BCUT2D eigenvalue weighted by Crippen LogP contribution is -2.51. The summed E-state index contributed by atoms with van der Waals surface area (Å²) in [6.07, 6.45) is 7.88. The maximum absolute atomic E-state index is 14.0. The second kappa shape index (κ2) is 18.2. The van der Waals surface area contributed by atoms with Crippen LogP contribution in [0, 0.1) is 17.3 Å². The fourth-order valence-corrected chi connectivity index (χ4v) is 11.3. The lowest BCUT2D eigenvalue weighted by molar-refractivity contribution is -0.136. The van der Waals surface area contributed by atoms with Gasteiger partial charge in [-0.2, -0.15) is 0 Å². The molecule has 4 heterocycles. The summed E-state index contributed by atoms with van der Waals surface area (Å²) < 4.78 is 9.57. The lowest BCUT2D eigenvalue weighted by atomic mass is 9.82. The number of aromatic amines is 2. The van der Waals surface area contributed by atoms with E-state index in [1.54, 1.807) is 9.80 Å². The summed E-state index contributed by atoms with van der Waals surface area (Å²) in [7, 11) is 2.53. The van der Waals surface area contributed by atoms with E-state index in [1.165, 1.54) is 38.2 Å². The third-order valence-electron chi connectivity index (χ3n) is 14.8. The van der Waals surface area contributed by atoms with Gasteiger partial charge in [-0.3, -0.25) is 19.2 Å². The summed E-state index contributed by atoms with van der Waals surface area (Å²) in [4.78, 5) is 99.0. The Morgan fingerprint density at radius 1 is 0.642 bits per heavy atom. The summed E-state index contributed by atoms with van der Waals surface area (Å²) in [5.41, 5.74) is 7.16. The molecule has 3 aromatic carbocycles. The van der Waals surface area contributed by atoms with Crippen LogP contribution >= 0.6 is 0 Å². The van der Waals surface area contributed by atoms with E-state index >= 15 is 0 Å². The van der Waals surface area contributed by atoms with Gasteiger partial charge in [-0.15, -0.1) is 0 Å². The summed E-state index contributed by atoms with van der Waals surface area (Å²) in [6.45, 7) is 8.42. The van der Waals surface area contributed by atoms with E-state index in [-0.39, 0.29) is 40.2 Å². The molecule has 4 atom stereocenters. The molecule has 3 fully saturated rings. The number of hydrogen-bond donors (Lipinski definition) is 4. The summed E-state index contributed by atoms with van der Waals surface area (Å²) >= 11 is 0. The van der Waals surface area contributed by atoms with Crippen molar-refractivity contribution in [1.29, 1.82) is 0 Å². The Hall–Kier alpha value is -6.58. The monoisotopic (exact) mass is 912 g/mol. The molecule has 4 amide bonds. The fraction of sp³-hybridized carbons (Fsp3) is 0.490. The van der Waals surface area contributed by atoms with E-state index in [0.717, 1.165) is 60.8 Å². The Labute approximate surface area is 388 Å². The van der Waals surface area contributed by atoms with Crippen molar-refractivity contribution in [2.45, 2.75) is 116 Å². The zero-order valence-electron chi connectivity index (χ0n) is 39.1. The largest absolute Gasteiger partial charge is 0.453 e. The lowest BCUT2D eigenvalue weighted by Gasteiger charge is -2.30. The predicted molar refractivity (Wildman–Crippen MR) is 253 cm³/mol. The number of carbonyl (C=O) groups is 4. The first-order valence-electron chi connectivity index (χ1n) is 23.7. The number of amides is 4. The number of fused-ring (bicyclic) bond motifs is 3. The van der Waals surface area contributed by atoms with Gasteiger partial charge in [0, 0.05) is 13.1 Å². The van der Waals surface area contributed by atoms with Crippen molar-refractivity contribution in [2.75, 3.05) is 27.3 Å². The zero-order chi connectivity index (χ0) is 47.3. The van der Waals surface area contributed by atoms with Crippen molar-refractivity contribution < 1.29 is 28.7 Å². The number of H-pyrrole nitrogens is 2. The van der Waals surface area contributed by atoms with E-state index in [4.69, 9.17) is 19.4 Å². The van der Waals surface area contributed by atoms with Gasteiger partial charge in [0.2, 0.25) is 11.8 Å². The molecule has 4 N–H and O–H groups in total. The first-order chi connectivity index (χ1) is 32.2. The second-order valence-electron chi connectivity index (χ2n) is 19.6. The van der Waals surface area contributed by atoms with Crippen LogP contribution < -0.4 is 21.8 Å². The number of carbonyl (C=O) groups excluding carboxylic acids is 4.